The molecule has 1 saturated heterocycles. The summed E-state index contributed by atoms with van der Waals surface area (Å²) in [4.78, 5) is 16.9. The van der Waals surface area contributed by atoms with Gasteiger partial charge in [-0.05, 0) is 42.5 Å². The van der Waals surface area contributed by atoms with Crippen molar-refractivity contribution in [3.63, 3.8) is 0 Å². The second-order valence-corrected chi connectivity index (χ2v) is 8.59. The smallest absolute Gasteiger partial charge is 0.417 e. The van der Waals surface area contributed by atoms with E-state index >= 15 is 0 Å². The van der Waals surface area contributed by atoms with Crippen molar-refractivity contribution in [3.05, 3.63) is 53.3 Å². The van der Waals surface area contributed by atoms with Crippen molar-refractivity contribution < 1.29 is 27.8 Å². The predicted octanol–water partition coefficient (Wildman–Crippen LogP) is 4.73. The molecule has 0 amide bonds. The number of carbonyl (C=O) groups is 1. The number of carboxylic acids is 1. The van der Waals surface area contributed by atoms with Gasteiger partial charge < -0.3 is 14.7 Å². The summed E-state index contributed by atoms with van der Waals surface area (Å²) < 4.78 is 45.5. The number of aromatic nitrogens is 1. The van der Waals surface area contributed by atoms with Crippen molar-refractivity contribution in [2.75, 3.05) is 18.0 Å². The molecule has 1 fully saturated rings. The van der Waals surface area contributed by atoms with E-state index in [1.165, 1.54) is 6.20 Å². The number of nitrogens with zero attached hydrogens (tertiary/aromatic N) is 2. The zero-order valence-electron chi connectivity index (χ0n) is 17.3. The molecule has 0 saturated carbocycles. The zero-order chi connectivity index (χ0) is 22.2. The number of aliphatic carboxylic acids is 1. The number of piperidine rings is 1. The number of hydrogen-bond donors (Lipinski definition) is 1. The molecule has 1 spiro atoms. The molecule has 4 rings (SSSR count). The molecule has 1 aromatic carbocycles. The number of anilines is 1. The molecule has 166 valence electrons. The maximum absolute atomic E-state index is 13.0. The Bertz CT molecular complexity index is 969. The van der Waals surface area contributed by atoms with E-state index in [9.17, 15) is 18.0 Å². The van der Waals surface area contributed by atoms with Crippen LogP contribution >= 0.6 is 0 Å². The van der Waals surface area contributed by atoms with E-state index in [2.05, 4.69) is 4.98 Å². The Balaban J connectivity index is 1.45. The molecule has 0 radical (unpaired) electrons. The molecule has 2 aliphatic rings. The lowest BCUT2D eigenvalue weighted by atomic mass is 9.82. The molecule has 0 aliphatic carbocycles. The highest BCUT2D eigenvalue weighted by molar-refractivity contribution is 5.70. The van der Waals surface area contributed by atoms with Crippen molar-refractivity contribution in [1.82, 2.24) is 4.98 Å². The van der Waals surface area contributed by atoms with Crippen molar-refractivity contribution in [2.24, 2.45) is 5.92 Å². The maximum Gasteiger partial charge on any atom is 0.417 e. The van der Waals surface area contributed by atoms with Crippen LogP contribution < -0.4 is 9.64 Å². The molecular formula is C23H25F3N2O3. The average Bonchev–Trinajstić information content (AvgIpc) is 2.73. The van der Waals surface area contributed by atoms with E-state index in [1.54, 1.807) is 6.92 Å². The molecule has 5 nitrogen and oxygen atoms in total. The lowest BCUT2D eigenvalue weighted by molar-refractivity contribution is -0.141. The van der Waals surface area contributed by atoms with Crippen LogP contribution in [0.25, 0.3) is 0 Å². The van der Waals surface area contributed by atoms with Crippen molar-refractivity contribution in [1.29, 1.82) is 0 Å². The quantitative estimate of drug-likeness (QED) is 0.754. The fraction of sp³-hybridized carbons (Fsp3) is 0.478. The Morgan fingerprint density at radius 3 is 2.65 bits per heavy atom. The summed E-state index contributed by atoms with van der Waals surface area (Å²) in [5.41, 5.74) is 1.44. The predicted molar refractivity (Wildman–Crippen MR) is 109 cm³/mol. The number of pyridine rings is 1. The fourth-order valence-corrected chi connectivity index (χ4v) is 4.40. The number of fused-ring (bicyclic) bond motifs is 1. The Hall–Kier alpha value is -2.77. The van der Waals surface area contributed by atoms with Gasteiger partial charge in [0.15, 0.2) is 0 Å². The van der Waals surface area contributed by atoms with Crippen LogP contribution in [0.2, 0.25) is 0 Å². The molecular weight excluding hydrogens is 409 g/mol. The van der Waals surface area contributed by atoms with Gasteiger partial charge in [-0.1, -0.05) is 19.1 Å². The van der Waals surface area contributed by atoms with Gasteiger partial charge >= 0.3 is 12.1 Å². The third kappa shape index (κ3) is 4.62. The van der Waals surface area contributed by atoms with Crippen molar-refractivity contribution in [2.45, 2.75) is 50.8 Å². The van der Waals surface area contributed by atoms with Gasteiger partial charge in [0.05, 0.1) is 23.4 Å². The lowest BCUT2D eigenvalue weighted by Gasteiger charge is -2.45. The number of aryl methyl sites for hydroxylation is 1. The van der Waals surface area contributed by atoms with Gasteiger partial charge in [-0.2, -0.15) is 13.2 Å². The van der Waals surface area contributed by atoms with E-state index in [4.69, 9.17) is 9.84 Å². The summed E-state index contributed by atoms with van der Waals surface area (Å²) in [5, 5.41) is 9.16. The maximum atomic E-state index is 13.0. The van der Waals surface area contributed by atoms with Gasteiger partial charge in [0.2, 0.25) is 0 Å². The number of alkyl halides is 3. The SMILES string of the molecule is CC(Cc1ccc2c(c1)OC1(CC2)CCN(c2cncc(C(F)(F)F)c2)CC1)C(=O)O. The van der Waals surface area contributed by atoms with Crippen LogP contribution in [-0.4, -0.2) is 34.8 Å². The number of hydrogen-bond acceptors (Lipinski definition) is 4. The summed E-state index contributed by atoms with van der Waals surface area (Å²) in [6.45, 7) is 2.87. The Kier molecular flexibility index (Phi) is 5.58. The summed E-state index contributed by atoms with van der Waals surface area (Å²) in [6, 6.07) is 7.06. The first-order chi connectivity index (χ1) is 14.7. The molecule has 3 heterocycles. The molecule has 2 aliphatic heterocycles. The van der Waals surface area contributed by atoms with Crippen LogP contribution in [-0.2, 0) is 23.8 Å². The van der Waals surface area contributed by atoms with Crippen LogP contribution in [0.3, 0.4) is 0 Å². The number of ether oxygens (including phenoxy) is 1. The van der Waals surface area contributed by atoms with Crippen LogP contribution in [0.1, 0.15) is 42.9 Å². The highest BCUT2D eigenvalue weighted by Gasteiger charge is 2.40. The van der Waals surface area contributed by atoms with Gasteiger partial charge in [0.1, 0.15) is 11.4 Å². The monoisotopic (exact) mass is 434 g/mol. The van der Waals surface area contributed by atoms with E-state index in [1.807, 2.05) is 23.1 Å². The first kappa shape index (κ1) is 21.5. The Morgan fingerprint density at radius 1 is 1.23 bits per heavy atom. The fourth-order valence-electron chi connectivity index (χ4n) is 4.40. The van der Waals surface area contributed by atoms with E-state index in [0.29, 0.717) is 38.0 Å². The molecule has 31 heavy (non-hydrogen) atoms. The third-order valence-electron chi connectivity index (χ3n) is 6.36. The summed E-state index contributed by atoms with van der Waals surface area (Å²) >= 11 is 0. The number of benzene rings is 1. The largest absolute Gasteiger partial charge is 0.487 e. The van der Waals surface area contributed by atoms with Gasteiger partial charge in [0, 0.05) is 32.1 Å². The van der Waals surface area contributed by atoms with Crippen molar-refractivity contribution >= 4 is 11.7 Å². The highest BCUT2D eigenvalue weighted by Crippen LogP contribution is 2.41. The first-order valence-corrected chi connectivity index (χ1v) is 10.5. The summed E-state index contributed by atoms with van der Waals surface area (Å²) in [7, 11) is 0. The molecule has 1 unspecified atom stereocenters. The van der Waals surface area contributed by atoms with Crippen molar-refractivity contribution in [3.8, 4) is 5.75 Å². The Morgan fingerprint density at radius 2 is 1.97 bits per heavy atom. The van der Waals surface area contributed by atoms with Gasteiger partial charge in [-0.15, -0.1) is 0 Å². The minimum Gasteiger partial charge on any atom is -0.487 e. The minimum atomic E-state index is -4.41. The normalized spacial score (nSPS) is 18.9. The number of rotatable bonds is 4. The standard InChI is InChI=1S/C23H25F3N2O3/c1-15(21(29)30)10-16-2-3-17-4-5-22(31-20(17)11-16)6-8-28(9-7-22)19-12-18(13-27-14-19)23(24,25)26/h2-3,11-15H,4-10H2,1H3,(H,29,30). The second kappa shape index (κ2) is 8.05. The molecule has 1 aromatic heterocycles. The van der Waals surface area contributed by atoms with E-state index in [-0.39, 0.29) is 5.60 Å². The molecule has 1 N–H and O–H groups in total. The summed E-state index contributed by atoms with van der Waals surface area (Å²) in [6.07, 6.45) is 1.49. The number of carboxylic acid groups (broad SMARTS) is 1. The molecule has 2 aromatic rings. The lowest BCUT2D eigenvalue weighted by Crippen LogP contribution is -2.49. The summed E-state index contributed by atoms with van der Waals surface area (Å²) in [5.74, 6) is -0.498. The average molecular weight is 434 g/mol. The topological polar surface area (TPSA) is 62.7 Å². The van der Waals surface area contributed by atoms with Crippen LogP contribution in [0.5, 0.6) is 5.75 Å². The van der Waals surface area contributed by atoms with Crippen LogP contribution in [0.4, 0.5) is 18.9 Å². The minimum absolute atomic E-state index is 0.338. The van der Waals surface area contributed by atoms with Gasteiger partial charge in [-0.25, -0.2) is 0 Å². The zero-order valence-corrected chi connectivity index (χ0v) is 17.3. The van der Waals surface area contributed by atoms with Gasteiger partial charge in [-0.3, -0.25) is 9.78 Å². The van der Waals surface area contributed by atoms with Crippen LogP contribution in [0, 0.1) is 5.92 Å². The molecule has 8 heteroatoms. The third-order valence-corrected chi connectivity index (χ3v) is 6.36. The van der Waals surface area contributed by atoms with E-state index in [0.717, 1.165) is 42.0 Å². The van der Waals surface area contributed by atoms with E-state index < -0.39 is 23.6 Å². The van der Waals surface area contributed by atoms with Gasteiger partial charge in [0.25, 0.3) is 0 Å². The Labute approximate surface area is 178 Å². The molecule has 0 bridgehead atoms. The first-order valence-electron chi connectivity index (χ1n) is 10.5. The number of halogens is 3. The second-order valence-electron chi connectivity index (χ2n) is 8.59. The van der Waals surface area contributed by atoms with Crippen LogP contribution in [0.15, 0.2) is 36.7 Å². The highest BCUT2D eigenvalue weighted by atomic mass is 19.4. The molecule has 1 atom stereocenters.